The number of unbranched alkanes of at least 4 members (excludes halogenated alkanes) is 2. The van der Waals surface area contributed by atoms with Crippen molar-refractivity contribution < 1.29 is 24.3 Å². The van der Waals surface area contributed by atoms with Gasteiger partial charge in [0.05, 0.1) is 18.5 Å². The Morgan fingerprint density at radius 2 is 1.59 bits per heavy atom. The number of hydrogen-bond donors (Lipinski definition) is 4. The van der Waals surface area contributed by atoms with Gasteiger partial charge in [0.15, 0.2) is 11.9 Å². The molecule has 0 aliphatic heterocycles. The molecule has 8 heteroatoms. The highest BCUT2D eigenvalue weighted by molar-refractivity contribution is 5.93. The highest BCUT2D eigenvalue weighted by atomic mass is 16.3. The monoisotopic (exact) mass is 385 g/mol. The van der Waals surface area contributed by atoms with Gasteiger partial charge in [-0.25, -0.2) is 0 Å². The number of hydrogen-bond acceptors (Lipinski definition) is 5. The summed E-state index contributed by atoms with van der Waals surface area (Å²) in [4.78, 5) is 47.3. The summed E-state index contributed by atoms with van der Waals surface area (Å²) in [5.74, 6) is -2.41. The summed E-state index contributed by atoms with van der Waals surface area (Å²) < 4.78 is 0. The third-order valence-corrected chi connectivity index (χ3v) is 4.48. The summed E-state index contributed by atoms with van der Waals surface area (Å²) in [7, 11) is 0. The minimum Gasteiger partial charge on any atom is -0.381 e. The molecule has 5 N–H and O–H groups in total. The number of nitrogens with one attached hydrogen (secondary N) is 2. The number of aliphatic hydroxyl groups excluding tert-OH is 1. The Labute approximate surface area is 161 Å². The summed E-state index contributed by atoms with van der Waals surface area (Å²) in [6.07, 6.45) is 2.75. The molecule has 0 aliphatic rings. The molecule has 156 valence electrons. The lowest BCUT2D eigenvalue weighted by Crippen LogP contribution is -2.54. The van der Waals surface area contributed by atoms with Gasteiger partial charge in [-0.3, -0.25) is 19.2 Å². The van der Waals surface area contributed by atoms with Gasteiger partial charge in [0.1, 0.15) is 0 Å². The van der Waals surface area contributed by atoms with E-state index in [1.54, 1.807) is 6.92 Å². The molecule has 0 saturated carbocycles. The molecule has 0 fully saturated rings. The lowest BCUT2D eigenvalue weighted by molar-refractivity contribution is -0.136. The molecule has 27 heavy (non-hydrogen) atoms. The maximum Gasteiger partial charge on any atom is 0.251 e. The average molecular weight is 386 g/mol. The van der Waals surface area contributed by atoms with E-state index in [4.69, 9.17) is 5.73 Å². The van der Waals surface area contributed by atoms with E-state index in [-0.39, 0.29) is 18.2 Å². The van der Waals surface area contributed by atoms with Gasteiger partial charge >= 0.3 is 0 Å². The fourth-order valence-corrected chi connectivity index (χ4v) is 2.75. The van der Waals surface area contributed by atoms with Crippen LogP contribution < -0.4 is 16.4 Å². The van der Waals surface area contributed by atoms with Crippen LogP contribution in [0, 0.1) is 5.92 Å². The van der Waals surface area contributed by atoms with Crippen molar-refractivity contribution in [3.05, 3.63) is 0 Å². The highest BCUT2D eigenvalue weighted by Gasteiger charge is 2.31. The van der Waals surface area contributed by atoms with Crippen molar-refractivity contribution in [2.24, 2.45) is 11.7 Å². The molecule has 0 aromatic carbocycles. The Morgan fingerprint density at radius 1 is 0.963 bits per heavy atom. The normalized spacial score (nSPS) is 15.3. The number of amides is 3. The van der Waals surface area contributed by atoms with Crippen molar-refractivity contribution >= 4 is 23.5 Å². The number of Topliss-reactive ketones (excluding diaryl/α,β-unsaturated/α-hetero) is 1. The molecule has 0 aliphatic carbocycles. The predicted molar refractivity (Wildman–Crippen MR) is 103 cm³/mol. The zero-order valence-corrected chi connectivity index (χ0v) is 16.9. The minimum atomic E-state index is -1.52. The Kier molecular flexibility index (Phi) is 12.3. The molecule has 3 amide bonds. The van der Waals surface area contributed by atoms with Crippen molar-refractivity contribution in [2.75, 3.05) is 0 Å². The van der Waals surface area contributed by atoms with Gasteiger partial charge in [-0.1, -0.05) is 46.5 Å². The fraction of sp³-hybridized carbons (Fsp3) is 0.789. The fourth-order valence-electron chi connectivity index (χ4n) is 2.75. The molecule has 0 saturated heterocycles. The first-order valence-electron chi connectivity index (χ1n) is 9.71. The summed E-state index contributed by atoms with van der Waals surface area (Å²) in [5.41, 5.74) is 5.09. The summed E-state index contributed by atoms with van der Waals surface area (Å²) >= 11 is 0. The molecule has 0 heterocycles. The number of ketones is 1. The van der Waals surface area contributed by atoms with Gasteiger partial charge in [0.2, 0.25) is 11.8 Å². The molecule has 0 radical (unpaired) electrons. The Hall–Kier alpha value is -1.96. The quantitative estimate of drug-likeness (QED) is 0.328. The highest BCUT2D eigenvalue weighted by Crippen LogP contribution is 2.11. The molecule has 8 nitrogen and oxygen atoms in total. The number of nitrogens with two attached hydrogens (primary N) is 1. The predicted octanol–water partition coefficient (Wildman–Crippen LogP) is 0.798. The molecule has 0 aromatic heterocycles. The first kappa shape index (κ1) is 25.0. The number of rotatable bonds is 14. The van der Waals surface area contributed by atoms with Gasteiger partial charge in [-0.15, -0.1) is 0 Å². The first-order chi connectivity index (χ1) is 12.6. The lowest BCUT2D eigenvalue weighted by atomic mass is 9.99. The van der Waals surface area contributed by atoms with E-state index in [9.17, 15) is 24.3 Å². The van der Waals surface area contributed by atoms with E-state index in [0.717, 1.165) is 25.7 Å². The van der Waals surface area contributed by atoms with Gasteiger partial charge in [-0.05, 0) is 19.8 Å². The average Bonchev–Trinajstić information content (AvgIpc) is 2.59. The Morgan fingerprint density at radius 3 is 2.07 bits per heavy atom. The van der Waals surface area contributed by atoms with Crippen LogP contribution >= 0.6 is 0 Å². The van der Waals surface area contributed by atoms with Gasteiger partial charge < -0.3 is 21.5 Å². The van der Waals surface area contributed by atoms with Crippen LogP contribution in [0.2, 0.25) is 0 Å². The van der Waals surface area contributed by atoms with Crippen LogP contribution in [0.5, 0.6) is 0 Å². The zero-order valence-electron chi connectivity index (χ0n) is 16.9. The maximum atomic E-state index is 12.4. The molecule has 4 atom stereocenters. The number of carbonyl (C=O) groups excluding carboxylic acids is 4. The van der Waals surface area contributed by atoms with Gasteiger partial charge in [-0.2, -0.15) is 0 Å². The van der Waals surface area contributed by atoms with E-state index in [2.05, 4.69) is 10.6 Å². The van der Waals surface area contributed by atoms with Crippen LogP contribution in [0.25, 0.3) is 0 Å². The lowest BCUT2D eigenvalue weighted by Gasteiger charge is -2.26. The largest absolute Gasteiger partial charge is 0.381 e. The minimum absolute atomic E-state index is 0.217. The van der Waals surface area contributed by atoms with E-state index in [0.29, 0.717) is 12.8 Å². The summed E-state index contributed by atoms with van der Waals surface area (Å²) in [5, 5.41) is 15.6. The molecule has 0 bridgehead atoms. The topological polar surface area (TPSA) is 139 Å². The van der Waals surface area contributed by atoms with Crippen LogP contribution in [0.1, 0.15) is 72.6 Å². The van der Waals surface area contributed by atoms with Crippen molar-refractivity contribution in [1.82, 2.24) is 10.6 Å². The van der Waals surface area contributed by atoms with Crippen molar-refractivity contribution in [1.29, 1.82) is 0 Å². The second kappa shape index (κ2) is 13.2. The van der Waals surface area contributed by atoms with E-state index < -0.39 is 35.8 Å². The molecule has 0 aromatic rings. The zero-order chi connectivity index (χ0) is 21.0. The van der Waals surface area contributed by atoms with Crippen LogP contribution in [0.4, 0.5) is 0 Å². The van der Waals surface area contributed by atoms with Crippen molar-refractivity contribution in [3.63, 3.8) is 0 Å². The van der Waals surface area contributed by atoms with Crippen LogP contribution in [0.3, 0.4) is 0 Å². The van der Waals surface area contributed by atoms with Crippen molar-refractivity contribution in [3.8, 4) is 0 Å². The van der Waals surface area contributed by atoms with Crippen LogP contribution in [0.15, 0.2) is 0 Å². The molecule has 0 spiro atoms. The Balaban J connectivity index is 5.09. The maximum absolute atomic E-state index is 12.4. The van der Waals surface area contributed by atoms with Gasteiger partial charge in [0.25, 0.3) is 5.91 Å². The summed E-state index contributed by atoms with van der Waals surface area (Å²) in [6, 6.07) is -1.85. The van der Waals surface area contributed by atoms with E-state index in [1.807, 2.05) is 13.8 Å². The summed E-state index contributed by atoms with van der Waals surface area (Å²) in [6.45, 7) is 7.03. The first-order valence-corrected chi connectivity index (χ1v) is 9.71. The number of carbonyl (C=O) groups is 4. The van der Waals surface area contributed by atoms with Crippen molar-refractivity contribution in [2.45, 2.75) is 90.8 Å². The number of primary amides is 1. The molecular formula is C19H35N3O5. The molecular weight excluding hydrogens is 350 g/mol. The molecule has 1 unspecified atom stereocenters. The van der Waals surface area contributed by atoms with Gasteiger partial charge in [0, 0.05) is 5.92 Å². The number of aliphatic hydroxyl groups is 1. The smallest absolute Gasteiger partial charge is 0.251 e. The third-order valence-electron chi connectivity index (χ3n) is 4.48. The Bertz CT molecular complexity index is 510. The third kappa shape index (κ3) is 10.1. The van der Waals surface area contributed by atoms with Crippen LogP contribution in [-0.2, 0) is 19.2 Å². The van der Waals surface area contributed by atoms with E-state index >= 15 is 0 Å². The van der Waals surface area contributed by atoms with E-state index in [1.165, 1.54) is 6.92 Å². The second-order valence-corrected chi connectivity index (χ2v) is 7.09. The molecule has 0 rings (SSSR count). The standard InChI is InChI=1S/C19H35N3O5/c1-5-7-8-10-14(21-18(26)12(3)9-6-2)17(25)19(27)22-15(13(4)23)11-16(20)24/h12,14-15,17,25H,5-11H2,1-4H3,(H2,20,24)(H,21,26)(H,22,27)/t12-,14-,15-,17?/m0/s1. The second-order valence-electron chi connectivity index (χ2n) is 7.09. The van der Waals surface area contributed by atoms with Crippen LogP contribution in [-0.4, -0.2) is 46.8 Å². The SMILES string of the molecule is CCCCC[C@H](NC(=O)[C@@H](C)CCC)C(O)C(=O)N[C@@H](CC(N)=O)C(C)=O.